The van der Waals surface area contributed by atoms with Crippen molar-refractivity contribution in [3.8, 4) is 0 Å². The lowest BCUT2D eigenvalue weighted by Gasteiger charge is -2.03. The van der Waals surface area contributed by atoms with Crippen molar-refractivity contribution in [2.75, 3.05) is 5.73 Å². The van der Waals surface area contributed by atoms with E-state index in [-0.39, 0.29) is 5.91 Å². The van der Waals surface area contributed by atoms with Gasteiger partial charge in [-0.25, -0.2) is 0 Å². The first-order valence-corrected chi connectivity index (χ1v) is 5.24. The highest BCUT2D eigenvalue weighted by molar-refractivity contribution is 5.78. The minimum Gasteiger partial charge on any atom is -0.399 e. The van der Waals surface area contributed by atoms with Crippen LogP contribution in [0.25, 0.3) is 0 Å². The zero-order chi connectivity index (χ0) is 12.1. The van der Waals surface area contributed by atoms with E-state index in [1.165, 1.54) is 6.26 Å². The maximum absolute atomic E-state index is 11.6. The molecule has 0 aliphatic carbocycles. The highest BCUT2D eigenvalue weighted by atomic mass is 16.5. The lowest BCUT2D eigenvalue weighted by atomic mass is 10.1. The van der Waals surface area contributed by atoms with Gasteiger partial charge in [0, 0.05) is 11.8 Å². The first kappa shape index (κ1) is 11.2. The number of carbonyl (C=O) groups is 1. The molecular weight excluding hydrogens is 218 g/mol. The number of nitrogens with zero attached hydrogens (tertiary/aromatic N) is 1. The van der Waals surface area contributed by atoms with Gasteiger partial charge in [0.2, 0.25) is 5.91 Å². The Balaban J connectivity index is 1.83. The quantitative estimate of drug-likeness (QED) is 0.772. The lowest BCUT2D eigenvalue weighted by Crippen LogP contribution is -2.24. The van der Waals surface area contributed by atoms with Crippen molar-refractivity contribution in [2.24, 2.45) is 0 Å². The van der Waals surface area contributed by atoms with Crippen LogP contribution in [0, 0.1) is 0 Å². The van der Waals surface area contributed by atoms with Gasteiger partial charge < -0.3 is 15.6 Å². The molecule has 5 heteroatoms. The summed E-state index contributed by atoms with van der Waals surface area (Å²) in [5, 5.41) is 6.46. The smallest absolute Gasteiger partial charge is 0.224 e. The van der Waals surface area contributed by atoms with Crippen LogP contribution < -0.4 is 11.1 Å². The topological polar surface area (TPSA) is 81.2 Å². The number of rotatable bonds is 4. The average Bonchev–Trinajstić information content (AvgIpc) is 2.83. The van der Waals surface area contributed by atoms with Crippen LogP contribution in [0.3, 0.4) is 0 Å². The largest absolute Gasteiger partial charge is 0.399 e. The summed E-state index contributed by atoms with van der Waals surface area (Å²) in [4.78, 5) is 11.6. The fourth-order valence-corrected chi connectivity index (χ4v) is 1.40. The van der Waals surface area contributed by atoms with Crippen molar-refractivity contribution in [3.05, 3.63) is 47.9 Å². The van der Waals surface area contributed by atoms with Gasteiger partial charge in [0.15, 0.2) is 0 Å². The number of nitrogen functional groups attached to an aromatic ring is 1. The van der Waals surface area contributed by atoms with Crippen molar-refractivity contribution in [1.29, 1.82) is 0 Å². The Bertz CT molecular complexity index is 477. The van der Waals surface area contributed by atoms with Crippen LogP contribution in [0.2, 0.25) is 0 Å². The van der Waals surface area contributed by atoms with Gasteiger partial charge in [0.25, 0.3) is 0 Å². The molecule has 0 radical (unpaired) electrons. The average molecular weight is 231 g/mol. The molecule has 1 aromatic carbocycles. The number of aromatic nitrogens is 1. The van der Waals surface area contributed by atoms with Crippen molar-refractivity contribution in [2.45, 2.75) is 13.0 Å². The van der Waals surface area contributed by atoms with Crippen LogP contribution in [-0.4, -0.2) is 11.1 Å². The number of anilines is 1. The molecule has 0 aliphatic rings. The Morgan fingerprint density at radius 1 is 1.29 bits per heavy atom. The summed E-state index contributed by atoms with van der Waals surface area (Å²) >= 11 is 0. The third-order valence-corrected chi connectivity index (χ3v) is 2.30. The Kier molecular flexibility index (Phi) is 3.40. The van der Waals surface area contributed by atoms with E-state index in [9.17, 15) is 4.79 Å². The highest BCUT2D eigenvalue weighted by Gasteiger charge is 2.04. The monoisotopic (exact) mass is 231 g/mol. The van der Waals surface area contributed by atoms with E-state index in [1.807, 2.05) is 12.1 Å². The van der Waals surface area contributed by atoms with Gasteiger partial charge in [-0.2, -0.15) is 0 Å². The van der Waals surface area contributed by atoms with E-state index in [0.717, 1.165) is 5.56 Å². The number of nitrogens with one attached hydrogen (secondary N) is 1. The molecule has 17 heavy (non-hydrogen) atoms. The van der Waals surface area contributed by atoms with Crippen molar-refractivity contribution in [3.63, 3.8) is 0 Å². The summed E-state index contributed by atoms with van der Waals surface area (Å²) in [7, 11) is 0. The molecule has 0 saturated carbocycles. The predicted octanol–water partition coefficient (Wildman–Crippen LogP) is 1.12. The molecule has 5 nitrogen and oxygen atoms in total. The molecule has 88 valence electrons. The van der Waals surface area contributed by atoms with E-state index in [1.54, 1.807) is 18.2 Å². The molecule has 2 aromatic rings. The molecule has 0 saturated heterocycles. The van der Waals surface area contributed by atoms with E-state index in [4.69, 9.17) is 5.73 Å². The number of carbonyl (C=O) groups excluding carboxylic acids is 1. The summed E-state index contributed by atoms with van der Waals surface area (Å²) in [6.45, 7) is 0.379. The maximum atomic E-state index is 11.6. The van der Waals surface area contributed by atoms with Gasteiger partial charge in [-0.3, -0.25) is 4.79 Å². The second-order valence-electron chi connectivity index (χ2n) is 3.69. The summed E-state index contributed by atoms with van der Waals surface area (Å²) in [5.41, 5.74) is 7.88. The Hall–Kier alpha value is -2.30. The third kappa shape index (κ3) is 3.34. The SMILES string of the molecule is Nc1ccc(CC(=O)NCc2ccon2)cc1. The molecule has 0 bridgehead atoms. The standard InChI is InChI=1S/C12H13N3O2/c13-10-3-1-9(2-4-10)7-12(16)14-8-11-5-6-17-15-11/h1-6H,7-8,13H2,(H,14,16). The number of amides is 1. The lowest BCUT2D eigenvalue weighted by molar-refractivity contribution is -0.120. The van der Waals surface area contributed by atoms with Crippen molar-refractivity contribution < 1.29 is 9.32 Å². The first-order chi connectivity index (χ1) is 8.24. The number of hydrogen-bond donors (Lipinski definition) is 2. The summed E-state index contributed by atoms with van der Waals surface area (Å²) in [6, 6.07) is 8.94. The minimum absolute atomic E-state index is 0.0576. The first-order valence-electron chi connectivity index (χ1n) is 5.24. The van der Waals surface area contributed by atoms with Gasteiger partial charge in [0.05, 0.1) is 13.0 Å². The molecule has 0 aliphatic heterocycles. The molecule has 2 rings (SSSR count). The Labute approximate surface area is 98.6 Å². The predicted molar refractivity (Wildman–Crippen MR) is 62.9 cm³/mol. The minimum atomic E-state index is -0.0576. The molecule has 1 heterocycles. The fourth-order valence-electron chi connectivity index (χ4n) is 1.40. The zero-order valence-electron chi connectivity index (χ0n) is 9.22. The molecule has 0 fully saturated rings. The van der Waals surface area contributed by atoms with Gasteiger partial charge in [-0.05, 0) is 17.7 Å². The van der Waals surface area contributed by atoms with Crippen LogP contribution in [0.15, 0.2) is 41.1 Å². The zero-order valence-corrected chi connectivity index (χ0v) is 9.22. The van der Waals surface area contributed by atoms with E-state index in [2.05, 4.69) is 15.0 Å². The van der Waals surface area contributed by atoms with E-state index < -0.39 is 0 Å². The Morgan fingerprint density at radius 3 is 2.71 bits per heavy atom. The fraction of sp³-hybridized carbons (Fsp3) is 0.167. The van der Waals surface area contributed by atoms with Crippen LogP contribution in [0.4, 0.5) is 5.69 Å². The molecule has 0 spiro atoms. The second kappa shape index (κ2) is 5.16. The molecular formula is C12H13N3O2. The third-order valence-electron chi connectivity index (χ3n) is 2.30. The molecule has 1 aromatic heterocycles. The van der Waals surface area contributed by atoms with Crippen molar-refractivity contribution >= 4 is 11.6 Å². The maximum Gasteiger partial charge on any atom is 0.224 e. The summed E-state index contributed by atoms with van der Waals surface area (Å²) < 4.78 is 4.66. The van der Waals surface area contributed by atoms with Gasteiger partial charge in [-0.15, -0.1) is 0 Å². The van der Waals surface area contributed by atoms with E-state index >= 15 is 0 Å². The van der Waals surface area contributed by atoms with Crippen LogP contribution in [-0.2, 0) is 17.8 Å². The second-order valence-corrected chi connectivity index (χ2v) is 3.69. The number of benzene rings is 1. The van der Waals surface area contributed by atoms with Gasteiger partial charge >= 0.3 is 0 Å². The van der Waals surface area contributed by atoms with Crippen LogP contribution >= 0.6 is 0 Å². The van der Waals surface area contributed by atoms with Crippen LogP contribution in [0.5, 0.6) is 0 Å². The number of nitrogens with two attached hydrogens (primary N) is 1. The van der Waals surface area contributed by atoms with Crippen molar-refractivity contribution in [1.82, 2.24) is 10.5 Å². The summed E-state index contributed by atoms with van der Waals surface area (Å²) in [6.07, 6.45) is 1.81. The van der Waals surface area contributed by atoms with Gasteiger partial charge in [0.1, 0.15) is 12.0 Å². The molecule has 0 atom stereocenters. The molecule has 0 unspecified atom stereocenters. The highest BCUT2D eigenvalue weighted by Crippen LogP contribution is 2.06. The summed E-state index contributed by atoms with van der Waals surface area (Å²) in [5.74, 6) is -0.0576. The molecule has 3 N–H and O–H groups in total. The molecule has 1 amide bonds. The van der Waals surface area contributed by atoms with Gasteiger partial charge in [-0.1, -0.05) is 17.3 Å². The Morgan fingerprint density at radius 2 is 2.06 bits per heavy atom. The number of hydrogen-bond acceptors (Lipinski definition) is 4. The van der Waals surface area contributed by atoms with Crippen LogP contribution in [0.1, 0.15) is 11.3 Å². The van der Waals surface area contributed by atoms with E-state index in [0.29, 0.717) is 24.3 Å². The normalized spacial score (nSPS) is 10.1.